The second-order valence-electron chi connectivity index (χ2n) is 5.89. The second-order valence-corrected chi connectivity index (χ2v) is 7.90. The number of fused-ring (bicyclic) bond motifs is 1. The summed E-state index contributed by atoms with van der Waals surface area (Å²) >= 11 is 0. The molecule has 0 amide bonds. The number of hydrogen-bond acceptors (Lipinski definition) is 4. The van der Waals surface area contributed by atoms with E-state index in [1.165, 1.54) is 4.31 Å². The van der Waals surface area contributed by atoms with Gasteiger partial charge in [-0.25, -0.2) is 8.42 Å². The van der Waals surface area contributed by atoms with Crippen molar-refractivity contribution in [2.45, 2.75) is 6.42 Å². The Labute approximate surface area is 176 Å². The van der Waals surface area contributed by atoms with E-state index in [1.807, 2.05) is 24.3 Å². The van der Waals surface area contributed by atoms with Gasteiger partial charge in [-0.3, -0.25) is 9.30 Å². The van der Waals surface area contributed by atoms with E-state index in [0.29, 0.717) is 6.54 Å². The van der Waals surface area contributed by atoms with E-state index < -0.39 is 10.0 Å². The molecule has 3 rings (SSSR count). The van der Waals surface area contributed by atoms with Crippen LogP contribution in [0.25, 0.3) is 0 Å². The Morgan fingerprint density at radius 2 is 1.93 bits per heavy atom. The first-order valence-electron chi connectivity index (χ1n) is 8.29. The van der Waals surface area contributed by atoms with E-state index >= 15 is 0 Å². The van der Waals surface area contributed by atoms with E-state index in [0.717, 1.165) is 29.1 Å². The van der Waals surface area contributed by atoms with E-state index in [-0.39, 0.29) is 42.2 Å². The number of nitrogens with two attached hydrogens (primary N) is 1. The predicted octanol–water partition coefficient (Wildman–Crippen LogP) is 2.43. The minimum atomic E-state index is -3.42. The van der Waals surface area contributed by atoms with Gasteiger partial charge in [-0.15, -0.1) is 24.0 Å². The summed E-state index contributed by atoms with van der Waals surface area (Å²) in [5, 5.41) is 2.93. The van der Waals surface area contributed by atoms with Gasteiger partial charge < -0.3 is 15.8 Å². The average Bonchev–Trinajstić information content (AvgIpc) is 3.07. The van der Waals surface area contributed by atoms with Crippen molar-refractivity contribution in [2.24, 2.45) is 10.7 Å². The van der Waals surface area contributed by atoms with Crippen molar-refractivity contribution in [3.63, 3.8) is 0 Å². The number of nitrogens with one attached hydrogen (secondary N) is 1. The highest BCUT2D eigenvalue weighted by atomic mass is 127. The van der Waals surface area contributed by atoms with Crippen LogP contribution in [0, 0.1) is 0 Å². The monoisotopic (exact) mass is 502 g/mol. The van der Waals surface area contributed by atoms with E-state index in [4.69, 9.17) is 10.5 Å². The number of ether oxygens (including phenoxy) is 1. The van der Waals surface area contributed by atoms with Crippen LogP contribution in [0.15, 0.2) is 53.5 Å². The summed E-state index contributed by atoms with van der Waals surface area (Å²) in [6.45, 7) is 0.570. The third-order valence-corrected chi connectivity index (χ3v) is 5.92. The third kappa shape index (κ3) is 5.25. The number of methoxy groups -OCH3 is 1. The summed E-state index contributed by atoms with van der Waals surface area (Å²) in [5.74, 6) is 0.821. The summed E-state index contributed by atoms with van der Waals surface area (Å²) in [7, 11) is -1.83. The number of benzene rings is 2. The Morgan fingerprint density at radius 3 is 2.63 bits per heavy atom. The van der Waals surface area contributed by atoms with Gasteiger partial charge in [-0.05, 0) is 42.3 Å². The molecule has 0 saturated heterocycles. The van der Waals surface area contributed by atoms with Crippen LogP contribution in [-0.4, -0.2) is 40.3 Å². The number of hydrogen-bond donors (Lipinski definition) is 2. The molecule has 146 valence electrons. The smallest absolute Gasteiger partial charge is 0.237 e. The molecule has 0 unspecified atom stereocenters. The van der Waals surface area contributed by atoms with Crippen molar-refractivity contribution >= 4 is 51.3 Å². The van der Waals surface area contributed by atoms with Crippen LogP contribution in [-0.2, 0) is 16.4 Å². The molecule has 0 spiro atoms. The average molecular weight is 502 g/mol. The summed E-state index contributed by atoms with van der Waals surface area (Å²) in [6, 6.07) is 14.8. The van der Waals surface area contributed by atoms with Gasteiger partial charge in [0.2, 0.25) is 10.0 Å². The van der Waals surface area contributed by atoms with Gasteiger partial charge in [-0.2, -0.15) is 0 Å². The summed E-state index contributed by atoms with van der Waals surface area (Å²) < 4.78 is 31.7. The van der Waals surface area contributed by atoms with E-state index in [1.54, 1.807) is 31.4 Å². The molecule has 0 radical (unpaired) electrons. The third-order valence-electron chi connectivity index (χ3n) is 4.17. The quantitative estimate of drug-likeness (QED) is 0.360. The predicted molar refractivity (Wildman–Crippen MR) is 120 cm³/mol. The number of para-hydroxylation sites is 1. The first-order valence-corrected chi connectivity index (χ1v) is 9.90. The molecule has 9 heteroatoms. The highest BCUT2D eigenvalue weighted by Gasteiger charge is 2.28. The van der Waals surface area contributed by atoms with Crippen molar-refractivity contribution in [1.29, 1.82) is 0 Å². The SMILES string of the molecule is COc1ccc(NC(N)=NCCS(=O)(=O)N2CCc3ccccc32)cc1.I. The van der Waals surface area contributed by atoms with Crippen LogP contribution >= 0.6 is 24.0 Å². The van der Waals surface area contributed by atoms with Crippen molar-refractivity contribution in [3.8, 4) is 5.75 Å². The molecule has 27 heavy (non-hydrogen) atoms. The number of sulfonamides is 1. The fourth-order valence-electron chi connectivity index (χ4n) is 2.85. The summed E-state index contributed by atoms with van der Waals surface area (Å²) in [5.41, 5.74) is 8.41. The zero-order chi connectivity index (χ0) is 18.6. The molecule has 1 heterocycles. The van der Waals surface area contributed by atoms with Crippen molar-refractivity contribution < 1.29 is 13.2 Å². The molecule has 0 atom stereocenters. The van der Waals surface area contributed by atoms with Crippen LogP contribution < -0.4 is 20.1 Å². The topological polar surface area (TPSA) is 97.0 Å². The molecule has 2 aromatic rings. The maximum absolute atomic E-state index is 12.6. The number of guanidine groups is 1. The lowest BCUT2D eigenvalue weighted by Gasteiger charge is -2.18. The Hall–Kier alpha value is -2.01. The van der Waals surface area contributed by atoms with Crippen LogP contribution in [0.2, 0.25) is 0 Å². The molecule has 0 saturated carbocycles. The fourth-order valence-corrected chi connectivity index (χ4v) is 4.24. The van der Waals surface area contributed by atoms with Crippen LogP contribution in [0.4, 0.5) is 11.4 Å². The number of aliphatic imine (C=N–C) groups is 1. The van der Waals surface area contributed by atoms with Crippen molar-refractivity contribution in [3.05, 3.63) is 54.1 Å². The number of halogens is 1. The van der Waals surface area contributed by atoms with Gasteiger partial charge in [-0.1, -0.05) is 18.2 Å². The highest BCUT2D eigenvalue weighted by molar-refractivity contribution is 14.0. The maximum atomic E-state index is 12.6. The van der Waals surface area contributed by atoms with Gasteiger partial charge in [0.25, 0.3) is 0 Å². The molecule has 0 aromatic heterocycles. The largest absolute Gasteiger partial charge is 0.497 e. The summed E-state index contributed by atoms with van der Waals surface area (Å²) in [6.07, 6.45) is 0.736. The number of anilines is 2. The molecule has 0 bridgehead atoms. The Bertz CT molecular complexity index is 901. The molecule has 0 fully saturated rings. The van der Waals surface area contributed by atoms with Crippen molar-refractivity contribution in [1.82, 2.24) is 0 Å². The number of rotatable bonds is 6. The molecule has 2 aromatic carbocycles. The van der Waals surface area contributed by atoms with E-state index in [2.05, 4.69) is 10.3 Å². The van der Waals surface area contributed by atoms with Gasteiger partial charge >= 0.3 is 0 Å². The van der Waals surface area contributed by atoms with Gasteiger partial charge in [0, 0.05) is 12.2 Å². The lowest BCUT2D eigenvalue weighted by atomic mass is 10.2. The minimum absolute atomic E-state index is 0. The Morgan fingerprint density at radius 1 is 1.22 bits per heavy atom. The minimum Gasteiger partial charge on any atom is -0.497 e. The zero-order valence-corrected chi connectivity index (χ0v) is 18.1. The Balaban J connectivity index is 0.00000261. The standard InChI is InChI=1S/C18H22N4O3S.HI/c1-25-16-8-6-15(7-9-16)21-18(19)20-11-13-26(23,24)22-12-10-14-4-2-3-5-17(14)22;/h2-9H,10-13H2,1H3,(H3,19,20,21);1H. The molecule has 0 aliphatic carbocycles. The highest BCUT2D eigenvalue weighted by Crippen LogP contribution is 2.29. The lowest BCUT2D eigenvalue weighted by Crippen LogP contribution is -2.33. The van der Waals surface area contributed by atoms with Crippen LogP contribution in [0.1, 0.15) is 5.56 Å². The Kier molecular flexibility index (Phi) is 7.31. The van der Waals surface area contributed by atoms with Gasteiger partial charge in [0.05, 0.1) is 25.1 Å². The van der Waals surface area contributed by atoms with Crippen molar-refractivity contribution in [2.75, 3.05) is 35.6 Å². The van der Waals surface area contributed by atoms with Crippen LogP contribution in [0.5, 0.6) is 5.75 Å². The normalized spacial score (nSPS) is 13.7. The fraction of sp³-hybridized carbons (Fsp3) is 0.278. The molecule has 7 nitrogen and oxygen atoms in total. The van der Waals surface area contributed by atoms with Crippen LogP contribution in [0.3, 0.4) is 0 Å². The summed E-state index contributed by atoms with van der Waals surface area (Å²) in [4.78, 5) is 4.12. The zero-order valence-electron chi connectivity index (χ0n) is 15.0. The first-order chi connectivity index (χ1) is 12.5. The second kappa shape index (κ2) is 9.27. The lowest BCUT2D eigenvalue weighted by molar-refractivity contribution is 0.415. The number of nitrogens with zero attached hydrogens (tertiary/aromatic N) is 2. The van der Waals surface area contributed by atoms with Gasteiger partial charge in [0.15, 0.2) is 5.96 Å². The molecule has 1 aliphatic rings. The van der Waals surface area contributed by atoms with E-state index in [9.17, 15) is 8.42 Å². The molecular formula is C18H23IN4O3S. The maximum Gasteiger partial charge on any atom is 0.237 e. The molecular weight excluding hydrogens is 479 g/mol. The molecule has 1 aliphatic heterocycles. The first kappa shape index (κ1) is 21.3. The van der Waals surface area contributed by atoms with Gasteiger partial charge in [0.1, 0.15) is 5.75 Å². The molecule has 3 N–H and O–H groups in total.